The maximum Gasteiger partial charge on any atom is 0.350 e. The number of nitrogens with one attached hydrogen (secondary N) is 1. The molecular weight excluding hydrogens is 214 g/mol. The highest BCUT2D eigenvalue weighted by Crippen LogP contribution is 2.08. The van der Waals surface area contributed by atoms with Gasteiger partial charge in [0.25, 0.3) is 10.0 Å². The Morgan fingerprint density at radius 3 is 2.36 bits per heavy atom. The first-order valence-electron chi connectivity index (χ1n) is 4.40. The summed E-state index contributed by atoms with van der Waals surface area (Å²) in [6, 6.07) is 0. The van der Waals surface area contributed by atoms with Crippen molar-refractivity contribution >= 4 is 10.0 Å². The summed E-state index contributed by atoms with van der Waals surface area (Å²) in [7, 11) is -4.45. The molecule has 14 heavy (non-hydrogen) atoms. The van der Waals surface area contributed by atoms with Crippen LogP contribution < -0.4 is 10.5 Å². The quantitative estimate of drug-likeness (QED) is 0.669. The van der Waals surface area contributed by atoms with E-state index >= 15 is 0 Å². The molecule has 4 nitrogen and oxygen atoms in total. The highest BCUT2D eigenvalue weighted by molar-refractivity contribution is 7.89. The van der Waals surface area contributed by atoms with Crippen LogP contribution in [0, 0.1) is 5.92 Å². The van der Waals surface area contributed by atoms with Crippen LogP contribution in [0.3, 0.4) is 0 Å². The average Bonchev–Trinajstić information content (AvgIpc) is 2.12. The number of sulfonamides is 1. The van der Waals surface area contributed by atoms with Crippen molar-refractivity contribution < 1.29 is 17.2 Å². The highest BCUT2D eigenvalue weighted by Gasteiger charge is 2.23. The minimum absolute atomic E-state index is 0.0218. The molecule has 0 aromatic heterocycles. The van der Waals surface area contributed by atoms with E-state index < -0.39 is 15.8 Å². The van der Waals surface area contributed by atoms with Crippen LogP contribution in [0.1, 0.15) is 19.8 Å². The van der Waals surface area contributed by atoms with Crippen molar-refractivity contribution in [3.05, 3.63) is 0 Å². The van der Waals surface area contributed by atoms with Gasteiger partial charge in [0.05, 0.1) is 0 Å². The highest BCUT2D eigenvalue weighted by atomic mass is 32.2. The summed E-state index contributed by atoms with van der Waals surface area (Å²) in [5, 5.41) is 0. The molecule has 0 aromatic carbocycles. The number of rotatable bonds is 7. The molecule has 0 amide bonds. The summed E-state index contributed by atoms with van der Waals surface area (Å²) in [5.41, 5.74) is 5.28. The number of halogens is 2. The van der Waals surface area contributed by atoms with Gasteiger partial charge in [-0.2, -0.15) is 8.78 Å². The second-order valence-electron chi connectivity index (χ2n) is 3.01. The summed E-state index contributed by atoms with van der Waals surface area (Å²) >= 11 is 0. The minimum atomic E-state index is -4.45. The first-order chi connectivity index (χ1) is 6.44. The van der Waals surface area contributed by atoms with E-state index in [1.165, 1.54) is 0 Å². The lowest BCUT2D eigenvalue weighted by Gasteiger charge is -2.14. The van der Waals surface area contributed by atoms with Gasteiger partial charge in [0.1, 0.15) is 0 Å². The Morgan fingerprint density at radius 1 is 1.43 bits per heavy atom. The Balaban J connectivity index is 4.03. The smallest absolute Gasteiger partial charge is 0.330 e. The predicted octanol–water partition coefficient (Wildman–Crippen LogP) is 0.503. The van der Waals surface area contributed by atoms with Gasteiger partial charge in [-0.25, -0.2) is 13.1 Å². The minimum Gasteiger partial charge on any atom is -0.330 e. The van der Waals surface area contributed by atoms with Gasteiger partial charge in [0.15, 0.2) is 0 Å². The van der Waals surface area contributed by atoms with Gasteiger partial charge in [-0.15, -0.1) is 0 Å². The molecule has 86 valence electrons. The van der Waals surface area contributed by atoms with E-state index in [9.17, 15) is 17.2 Å². The standard InChI is InChI=1S/C7H16F2N2O2S/c1-2-6(3-4-10)5-11-14(12,13)7(8)9/h6-7,11H,2-5,10H2,1H3. The third-order valence-electron chi connectivity index (χ3n) is 1.96. The van der Waals surface area contributed by atoms with E-state index in [0.717, 1.165) is 0 Å². The Morgan fingerprint density at radius 2 is 2.00 bits per heavy atom. The van der Waals surface area contributed by atoms with Crippen LogP contribution in [0.2, 0.25) is 0 Å². The van der Waals surface area contributed by atoms with Crippen LogP contribution in [0.4, 0.5) is 8.78 Å². The lowest BCUT2D eigenvalue weighted by Crippen LogP contribution is -2.34. The lowest BCUT2D eigenvalue weighted by molar-refractivity contribution is 0.231. The van der Waals surface area contributed by atoms with E-state index in [1.54, 1.807) is 0 Å². The Labute approximate surface area is 82.9 Å². The van der Waals surface area contributed by atoms with Crippen LogP contribution >= 0.6 is 0 Å². The summed E-state index contributed by atoms with van der Waals surface area (Å²) in [5.74, 6) is -3.34. The molecule has 0 heterocycles. The molecule has 0 rings (SSSR count). The molecule has 0 aliphatic rings. The summed E-state index contributed by atoms with van der Waals surface area (Å²) in [6.07, 6.45) is 1.34. The molecule has 0 aromatic rings. The van der Waals surface area contributed by atoms with Crippen molar-refractivity contribution in [2.45, 2.75) is 25.5 Å². The van der Waals surface area contributed by atoms with Crippen molar-refractivity contribution in [3.63, 3.8) is 0 Å². The second kappa shape index (κ2) is 6.26. The Kier molecular flexibility index (Phi) is 6.14. The zero-order valence-electron chi connectivity index (χ0n) is 8.04. The van der Waals surface area contributed by atoms with Gasteiger partial charge in [0, 0.05) is 6.54 Å². The number of hydrogen-bond donors (Lipinski definition) is 2. The normalized spacial score (nSPS) is 14.6. The molecule has 0 fully saturated rings. The van der Waals surface area contributed by atoms with Crippen molar-refractivity contribution in [3.8, 4) is 0 Å². The maximum atomic E-state index is 11.9. The molecule has 7 heteroatoms. The molecule has 3 N–H and O–H groups in total. The van der Waals surface area contributed by atoms with Crippen LogP contribution in [0.15, 0.2) is 0 Å². The second-order valence-corrected chi connectivity index (χ2v) is 4.74. The molecule has 1 unspecified atom stereocenters. The summed E-state index contributed by atoms with van der Waals surface area (Å²) in [4.78, 5) is 0. The van der Waals surface area contributed by atoms with Crippen LogP contribution in [0.5, 0.6) is 0 Å². The molecule has 0 saturated heterocycles. The third kappa shape index (κ3) is 4.83. The lowest BCUT2D eigenvalue weighted by atomic mass is 10.0. The molecule has 1 atom stereocenters. The summed E-state index contributed by atoms with van der Waals surface area (Å²) in [6.45, 7) is 2.31. The van der Waals surface area contributed by atoms with E-state index in [4.69, 9.17) is 5.73 Å². The van der Waals surface area contributed by atoms with Crippen molar-refractivity contribution in [2.24, 2.45) is 11.7 Å². The van der Waals surface area contributed by atoms with Gasteiger partial charge in [0.2, 0.25) is 0 Å². The van der Waals surface area contributed by atoms with Gasteiger partial charge < -0.3 is 5.73 Å². The fourth-order valence-electron chi connectivity index (χ4n) is 0.983. The largest absolute Gasteiger partial charge is 0.350 e. The molecule has 0 aliphatic carbocycles. The fourth-order valence-corrected chi connectivity index (χ4v) is 1.58. The Bertz CT molecular complexity index is 244. The zero-order chi connectivity index (χ0) is 11.2. The molecule has 0 spiro atoms. The van der Waals surface area contributed by atoms with E-state index in [1.807, 2.05) is 11.6 Å². The molecule has 0 saturated carbocycles. The average molecular weight is 230 g/mol. The van der Waals surface area contributed by atoms with Crippen LogP contribution in [-0.4, -0.2) is 27.3 Å². The fraction of sp³-hybridized carbons (Fsp3) is 1.00. The van der Waals surface area contributed by atoms with Gasteiger partial charge in [-0.3, -0.25) is 0 Å². The first-order valence-corrected chi connectivity index (χ1v) is 5.95. The topological polar surface area (TPSA) is 72.2 Å². The van der Waals surface area contributed by atoms with E-state index in [2.05, 4.69) is 0 Å². The first kappa shape index (κ1) is 13.7. The molecule has 0 bridgehead atoms. The SMILES string of the molecule is CCC(CCN)CNS(=O)(=O)C(F)F. The van der Waals surface area contributed by atoms with Gasteiger partial charge in [-0.1, -0.05) is 13.3 Å². The van der Waals surface area contributed by atoms with Crippen molar-refractivity contribution in [1.29, 1.82) is 0 Å². The number of alkyl halides is 2. The van der Waals surface area contributed by atoms with Crippen molar-refractivity contribution in [1.82, 2.24) is 4.72 Å². The third-order valence-corrected chi connectivity index (χ3v) is 3.00. The van der Waals surface area contributed by atoms with Crippen LogP contribution in [0.25, 0.3) is 0 Å². The maximum absolute atomic E-state index is 11.9. The molecule has 0 radical (unpaired) electrons. The Hall–Kier alpha value is -0.270. The predicted molar refractivity (Wildman–Crippen MR) is 50.4 cm³/mol. The molecular formula is C7H16F2N2O2S. The van der Waals surface area contributed by atoms with Crippen molar-refractivity contribution in [2.75, 3.05) is 13.1 Å². The van der Waals surface area contributed by atoms with Crippen LogP contribution in [-0.2, 0) is 10.0 Å². The molecule has 0 aliphatic heterocycles. The van der Waals surface area contributed by atoms with Gasteiger partial charge >= 0.3 is 5.76 Å². The number of nitrogens with two attached hydrogens (primary N) is 1. The summed E-state index contributed by atoms with van der Waals surface area (Å²) < 4.78 is 46.9. The van der Waals surface area contributed by atoms with Gasteiger partial charge in [-0.05, 0) is 18.9 Å². The van der Waals surface area contributed by atoms with E-state index in [0.29, 0.717) is 19.4 Å². The zero-order valence-corrected chi connectivity index (χ0v) is 8.86. The monoisotopic (exact) mass is 230 g/mol. The number of hydrogen-bond acceptors (Lipinski definition) is 3. The van der Waals surface area contributed by atoms with E-state index in [-0.39, 0.29) is 12.5 Å².